The summed E-state index contributed by atoms with van der Waals surface area (Å²) in [5.74, 6) is -0.387. The van der Waals surface area contributed by atoms with E-state index in [0.29, 0.717) is 16.5 Å². The van der Waals surface area contributed by atoms with Crippen molar-refractivity contribution in [1.82, 2.24) is 0 Å². The van der Waals surface area contributed by atoms with Crippen LogP contribution in [0.3, 0.4) is 0 Å². The van der Waals surface area contributed by atoms with Gasteiger partial charge in [-0.15, -0.1) is 0 Å². The number of benzene rings is 2. The van der Waals surface area contributed by atoms with Crippen LogP contribution in [0.2, 0.25) is 0 Å². The topological polar surface area (TPSA) is 20.2 Å². The van der Waals surface area contributed by atoms with E-state index < -0.39 is 6.10 Å². The van der Waals surface area contributed by atoms with E-state index in [2.05, 4.69) is 38.5 Å². The van der Waals surface area contributed by atoms with Crippen LogP contribution < -0.4 is 0 Å². The molecule has 0 saturated carbocycles. The molecular formula is C14H11BrFIO. The van der Waals surface area contributed by atoms with Gasteiger partial charge in [-0.3, -0.25) is 0 Å². The van der Waals surface area contributed by atoms with Crippen molar-refractivity contribution in [3.8, 4) is 0 Å². The minimum Gasteiger partial charge on any atom is -0.388 e. The Kier molecular flexibility index (Phi) is 4.75. The smallest absolute Gasteiger partial charge is 0.130 e. The van der Waals surface area contributed by atoms with E-state index in [1.807, 2.05) is 24.3 Å². The molecule has 0 amide bonds. The van der Waals surface area contributed by atoms with E-state index in [-0.39, 0.29) is 5.82 Å². The molecule has 0 aliphatic heterocycles. The van der Waals surface area contributed by atoms with Crippen molar-refractivity contribution in [2.75, 3.05) is 0 Å². The molecule has 1 N–H and O–H groups in total. The molecule has 0 heterocycles. The molecule has 4 heteroatoms. The summed E-state index contributed by atoms with van der Waals surface area (Å²) in [4.78, 5) is 0. The maximum absolute atomic E-state index is 13.7. The van der Waals surface area contributed by atoms with Crippen LogP contribution in [0.15, 0.2) is 46.9 Å². The summed E-state index contributed by atoms with van der Waals surface area (Å²) < 4.78 is 15.5. The summed E-state index contributed by atoms with van der Waals surface area (Å²) in [7, 11) is 0. The van der Waals surface area contributed by atoms with Crippen LogP contribution in [0.25, 0.3) is 0 Å². The third-order valence-corrected chi connectivity index (χ3v) is 3.88. The van der Waals surface area contributed by atoms with Gasteiger partial charge in [0.25, 0.3) is 0 Å². The van der Waals surface area contributed by atoms with Gasteiger partial charge in [0, 0.05) is 20.0 Å². The first-order chi connectivity index (χ1) is 8.56. The molecule has 0 saturated heterocycles. The number of hydrogen-bond acceptors (Lipinski definition) is 1. The Morgan fingerprint density at radius 3 is 2.44 bits per heavy atom. The van der Waals surface area contributed by atoms with E-state index in [1.54, 1.807) is 12.1 Å². The first-order valence-corrected chi connectivity index (χ1v) is 7.31. The second kappa shape index (κ2) is 6.12. The molecule has 0 spiro atoms. The van der Waals surface area contributed by atoms with Crippen LogP contribution in [0, 0.1) is 9.39 Å². The number of aliphatic hydroxyl groups excluding tert-OH is 1. The van der Waals surface area contributed by atoms with Gasteiger partial charge in [0.2, 0.25) is 0 Å². The molecule has 1 unspecified atom stereocenters. The highest BCUT2D eigenvalue weighted by molar-refractivity contribution is 14.1. The molecule has 18 heavy (non-hydrogen) atoms. The third-order valence-electron chi connectivity index (χ3n) is 2.66. The predicted octanol–water partition coefficient (Wildman–Crippen LogP) is 4.47. The van der Waals surface area contributed by atoms with Crippen molar-refractivity contribution in [1.29, 1.82) is 0 Å². The molecule has 0 fully saturated rings. The number of halogens is 3. The second-order valence-corrected chi connectivity index (χ2v) is 6.17. The van der Waals surface area contributed by atoms with E-state index >= 15 is 0 Å². The molecule has 94 valence electrons. The summed E-state index contributed by atoms with van der Waals surface area (Å²) in [6.45, 7) is 0. The molecule has 2 rings (SSSR count). The normalized spacial score (nSPS) is 12.4. The first-order valence-electron chi connectivity index (χ1n) is 5.44. The van der Waals surface area contributed by atoms with Gasteiger partial charge in [-0.05, 0) is 52.4 Å². The maximum atomic E-state index is 13.7. The minimum absolute atomic E-state index is 0.330. The minimum atomic E-state index is -0.821. The summed E-state index contributed by atoms with van der Waals surface area (Å²) in [6.07, 6.45) is -0.409. The van der Waals surface area contributed by atoms with E-state index in [4.69, 9.17) is 0 Å². The van der Waals surface area contributed by atoms with Crippen molar-refractivity contribution in [3.05, 3.63) is 67.5 Å². The maximum Gasteiger partial charge on any atom is 0.130 e. The molecule has 2 aromatic carbocycles. The molecule has 0 radical (unpaired) electrons. The van der Waals surface area contributed by atoms with Crippen LogP contribution in [0.1, 0.15) is 17.2 Å². The number of aliphatic hydroxyl groups is 1. The first kappa shape index (κ1) is 14.0. The fourth-order valence-corrected chi connectivity index (χ4v) is 2.42. The van der Waals surface area contributed by atoms with Gasteiger partial charge >= 0.3 is 0 Å². The number of rotatable bonds is 3. The van der Waals surface area contributed by atoms with Crippen LogP contribution in [-0.2, 0) is 6.42 Å². The van der Waals surface area contributed by atoms with Gasteiger partial charge < -0.3 is 5.11 Å². The van der Waals surface area contributed by atoms with E-state index in [1.165, 1.54) is 6.07 Å². The van der Waals surface area contributed by atoms with Crippen molar-refractivity contribution in [2.45, 2.75) is 12.5 Å². The summed E-state index contributed by atoms with van der Waals surface area (Å²) in [5.41, 5.74) is 1.32. The Morgan fingerprint density at radius 1 is 1.17 bits per heavy atom. The highest BCUT2D eigenvalue weighted by Gasteiger charge is 2.13. The molecule has 0 aliphatic carbocycles. The van der Waals surface area contributed by atoms with Gasteiger partial charge in [0.05, 0.1) is 6.10 Å². The lowest BCUT2D eigenvalue weighted by Gasteiger charge is -2.12. The van der Waals surface area contributed by atoms with Gasteiger partial charge in [0.1, 0.15) is 5.82 Å². The van der Waals surface area contributed by atoms with Crippen LogP contribution >= 0.6 is 38.5 Å². The average Bonchev–Trinajstić information content (AvgIpc) is 2.32. The molecule has 2 aromatic rings. The van der Waals surface area contributed by atoms with Gasteiger partial charge in [-0.1, -0.05) is 34.1 Å². The monoisotopic (exact) mass is 420 g/mol. The quantitative estimate of drug-likeness (QED) is 0.726. The molecule has 0 bridgehead atoms. The zero-order valence-electron chi connectivity index (χ0n) is 9.41. The standard InChI is InChI=1S/C14H11BrFIO/c15-10-3-6-12(13(16)8-10)14(18)7-9-1-4-11(17)5-2-9/h1-6,8,14,18H,7H2. The van der Waals surface area contributed by atoms with E-state index in [0.717, 1.165) is 9.13 Å². The third kappa shape index (κ3) is 3.52. The molecule has 0 aromatic heterocycles. The number of hydrogen-bond donors (Lipinski definition) is 1. The Morgan fingerprint density at radius 2 is 1.83 bits per heavy atom. The van der Waals surface area contributed by atoms with Crippen LogP contribution in [-0.4, -0.2) is 5.11 Å². The lowest BCUT2D eigenvalue weighted by molar-refractivity contribution is 0.173. The fraction of sp³-hybridized carbons (Fsp3) is 0.143. The summed E-state index contributed by atoms with van der Waals surface area (Å²) in [6, 6.07) is 12.5. The molecule has 0 aliphatic rings. The Bertz CT molecular complexity index is 542. The van der Waals surface area contributed by atoms with Crippen molar-refractivity contribution >= 4 is 38.5 Å². The van der Waals surface area contributed by atoms with Gasteiger partial charge in [-0.2, -0.15) is 0 Å². The van der Waals surface area contributed by atoms with Crippen molar-refractivity contribution < 1.29 is 9.50 Å². The van der Waals surface area contributed by atoms with Crippen molar-refractivity contribution in [3.63, 3.8) is 0 Å². The van der Waals surface area contributed by atoms with Gasteiger partial charge in [0.15, 0.2) is 0 Å². The van der Waals surface area contributed by atoms with Crippen LogP contribution in [0.4, 0.5) is 4.39 Å². The Labute approximate surface area is 127 Å². The largest absolute Gasteiger partial charge is 0.388 e. The van der Waals surface area contributed by atoms with Crippen LogP contribution in [0.5, 0.6) is 0 Å². The van der Waals surface area contributed by atoms with E-state index in [9.17, 15) is 9.50 Å². The summed E-state index contributed by atoms with van der Waals surface area (Å²) in [5, 5.41) is 10.1. The SMILES string of the molecule is OC(Cc1ccc(I)cc1)c1ccc(Br)cc1F. The lowest BCUT2D eigenvalue weighted by Crippen LogP contribution is -2.04. The Balaban J connectivity index is 2.16. The average molecular weight is 421 g/mol. The highest BCUT2D eigenvalue weighted by atomic mass is 127. The molecular weight excluding hydrogens is 410 g/mol. The predicted molar refractivity (Wildman–Crippen MR) is 81.9 cm³/mol. The second-order valence-electron chi connectivity index (χ2n) is 4.01. The molecule has 1 atom stereocenters. The molecule has 1 nitrogen and oxygen atoms in total. The lowest BCUT2D eigenvalue weighted by atomic mass is 10.0. The fourth-order valence-electron chi connectivity index (χ4n) is 1.73. The van der Waals surface area contributed by atoms with Gasteiger partial charge in [-0.25, -0.2) is 4.39 Å². The zero-order valence-corrected chi connectivity index (χ0v) is 13.2. The summed E-state index contributed by atoms with van der Waals surface area (Å²) >= 11 is 5.42. The zero-order chi connectivity index (χ0) is 13.1. The Hall–Kier alpha value is -0.460. The van der Waals surface area contributed by atoms with Crippen molar-refractivity contribution in [2.24, 2.45) is 0 Å². The highest BCUT2D eigenvalue weighted by Crippen LogP contribution is 2.24.